The molecule has 7 heavy (non-hydrogen) atoms. The lowest BCUT2D eigenvalue weighted by Crippen LogP contribution is -2.09. The Hall–Kier alpha value is 0.540. The Morgan fingerprint density at radius 2 is 2.14 bits per heavy atom. The molecular weight excluding hydrogens is 133 g/mol. The van der Waals surface area contributed by atoms with Crippen LogP contribution in [0.3, 0.4) is 0 Å². The molecule has 0 aliphatic rings. The second kappa shape index (κ2) is 6.54. The minimum atomic E-state index is -0.130. The third-order valence-electron chi connectivity index (χ3n) is 0.564. The van der Waals surface area contributed by atoms with E-state index in [2.05, 4.69) is 6.92 Å². The zero-order chi connectivity index (χ0) is 4.99. The summed E-state index contributed by atoms with van der Waals surface area (Å²) in [5.41, 5.74) is 5.04. The van der Waals surface area contributed by atoms with Gasteiger partial charge in [-0.1, -0.05) is 13.3 Å². The lowest BCUT2D eigenvalue weighted by Gasteiger charge is -1.94. The molecule has 2 N–H and O–H groups in total. The van der Waals surface area contributed by atoms with Crippen LogP contribution in [-0.4, -0.2) is 5.50 Å². The van der Waals surface area contributed by atoms with Gasteiger partial charge in [-0.05, 0) is 6.42 Å². The summed E-state index contributed by atoms with van der Waals surface area (Å²) in [7, 11) is 0. The maximum atomic E-state index is 5.36. The van der Waals surface area contributed by atoms with Gasteiger partial charge in [-0.15, -0.1) is 24.0 Å². The lowest BCUT2D eigenvalue weighted by atomic mass is 10.3. The summed E-state index contributed by atoms with van der Waals surface area (Å²) in [5.74, 6) is 0. The van der Waals surface area contributed by atoms with E-state index in [0.717, 1.165) is 12.8 Å². The van der Waals surface area contributed by atoms with E-state index >= 15 is 0 Å². The van der Waals surface area contributed by atoms with Crippen molar-refractivity contribution in [1.29, 1.82) is 0 Å². The summed E-state index contributed by atoms with van der Waals surface area (Å²) in [5, 5.41) is 0. The van der Waals surface area contributed by atoms with E-state index in [9.17, 15) is 0 Å². The Balaban J connectivity index is 0. The molecule has 0 amide bonds. The molecule has 0 bridgehead atoms. The highest BCUT2D eigenvalue weighted by molar-refractivity contribution is 6.20. The summed E-state index contributed by atoms with van der Waals surface area (Å²) in [6.07, 6.45) is 1.99. The van der Waals surface area contributed by atoms with Gasteiger partial charge >= 0.3 is 0 Å². The highest BCUT2D eigenvalue weighted by Gasteiger charge is 1.88. The van der Waals surface area contributed by atoms with Crippen molar-refractivity contribution >= 4 is 24.0 Å². The first-order valence-electron chi connectivity index (χ1n) is 2.17. The minimum Gasteiger partial charge on any atom is -0.315 e. The Morgan fingerprint density at radius 1 is 1.71 bits per heavy atom. The van der Waals surface area contributed by atoms with Gasteiger partial charge in [0.15, 0.2) is 0 Å². The van der Waals surface area contributed by atoms with E-state index in [1.165, 1.54) is 0 Å². The van der Waals surface area contributed by atoms with Crippen molar-refractivity contribution in [2.45, 2.75) is 25.3 Å². The second-order valence-electron chi connectivity index (χ2n) is 1.30. The molecule has 0 saturated carbocycles. The first-order valence-corrected chi connectivity index (χ1v) is 2.60. The molecule has 46 valence electrons. The molecule has 0 aromatic carbocycles. The first-order chi connectivity index (χ1) is 2.77. The van der Waals surface area contributed by atoms with Crippen LogP contribution in [0.4, 0.5) is 0 Å². The fraction of sp³-hybridized carbons (Fsp3) is 1.00. The van der Waals surface area contributed by atoms with Crippen LogP contribution in [0.15, 0.2) is 0 Å². The smallest absolute Gasteiger partial charge is 0.0800 e. The number of rotatable bonds is 2. The Morgan fingerprint density at radius 3 is 2.14 bits per heavy atom. The van der Waals surface area contributed by atoms with Crippen LogP contribution in [0.25, 0.3) is 0 Å². The van der Waals surface area contributed by atoms with E-state index in [1.807, 2.05) is 0 Å². The molecule has 0 fully saturated rings. The molecule has 0 saturated heterocycles. The van der Waals surface area contributed by atoms with Crippen molar-refractivity contribution in [2.24, 2.45) is 5.73 Å². The van der Waals surface area contributed by atoms with Crippen molar-refractivity contribution in [1.82, 2.24) is 0 Å². The van der Waals surface area contributed by atoms with Crippen molar-refractivity contribution in [3.8, 4) is 0 Å². The van der Waals surface area contributed by atoms with E-state index in [1.54, 1.807) is 0 Å². The van der Waals surface area contributed by atoms with Crippen molar-refractivity contribution in [3.63, 3.8) is 0 Å². The number of nitrogens with two attached hydrogens (primary N) is 1. The fourth-order valence-electron chi connectivity index (χ4n) is 0.276. The standard InChI is InChI=1S/C4H10ClN.ClH/c1-2-3-4(5)6;/h4H,2-3,6H2,1H3;1H. The predicted molar refractivity (Wildman–Crippen MR) is 36.0 cm³/mol. The van der Waals surface area contributed by atoms with Crippen molar-refractivity contribution < 1.29 is 0 Å². The molecule has 0 spiro atoms. The quantitative estimate of drug-likeness (QED) is 0.463. The molecule has 0 aromatic heterocycles. The zero-order valence-electron chi connectivity index (χ0n) is 4.36. The molecule has 1 atom stereocenters. The van der Waals surface area contributed by atoms with Gasteiger partial charge < -0.3 is 5.73 Å². The van der Waals surface area contributed by atoms with Crippen LogP contribution in [0.5, 0.6) is 0 Å². The van der Waals surface area contributed by atoms with Crippen molar-refractivity contribution in [2.75, 3.05) is 0 Å². The molecule has 0 heterocycles. The number of hydrogen-bond donors (Lipinski definition) is 1. The lowest BCUT2D eigenvalue weighted by molar-refractivity contribution is 0.756. The van der Waals surface area contributed by atoms with E-state index in [4.69, 9.17) is 17.3 Å². The van der Waals surface area contributed by atoms with Crippen LogP contribution in [-0.2, 0) is 0 Å². The Labute approximate surface area is 55.6 Å². The number of halogens is 2. The molecule has 0 radical (unpaired) electrons. The Bertz CT molecular complexity index is 30.9. The van der Waals surface area contributed by atoms with E-state index in [0.29, 0.717) is 0 Å². The van der Waals surface area contributed by atoms with Gasteiger partial charge in [-0.25, -0.2) is 0 Å². The summed E-state index contributed by atoms with van der Waals surface area (Å²) < 4.78 is 0. The molecule has 0 aromatic rings. The second-order valence-corrected chi connectivity index (χ2v) is 1.87. The van der Waals surface area contributed by atoms with Crippen molar-refractivity contribution in [3.05, 3.63) is 0 Å². The summed E-state index contributed by atoms with van der Waals surface area (Å²) >= 11 is 5.36. The van der Waals surface area contributed by atoms with Gasteiger partial charge in [-0.3, -0.25) is 0 Å². The third kappa shape index (κ3) is 10.8. The summed E-state index contributed by atoms with van der Waals surface area (Å²) in [6, 6.07) is 0. The van der Waals surface area contributed by atoms with Gasteiger partial charge in [-0.2, -0.15) is 0 Å². The highest BCUT2D eigenvalue weighted by atomic mass is 35.5. The zero-order valence-corrected chi connectivity index (χ0v) is 5.93. The SMILES string of the molecule is CCCC(N)Cl.Cl. The highest BCUT2D eigenvalue weighted by Crippen LogP contribution is 1.94. The first kappa shape index (κ1) is 10.5. The van der Waals surface area contributed by atoms with Gasteiger partial charge in [0.05, 0.1) is 5.50 Å². The van der Waals surface area contributed by atoms with Crippen LogP contribution >= 0.6 is 24.0 Å². The van der Waals surface area contributed by atoms with Gasteiger partial charge in [0, 0.05) is 0 Å². The van der Waals surface area contributed by atoms with Crippen LogP contribution in [0.1, 0.15) is 19.8 Å². The molecule has 3 heteroatoms. The number of hydrogen-bond acceptors (Lipinski definition) is 1. The Kier molecular flexibility index (Phi) is 9.82. The van der Waals surface area contributed by atoms with Gasteiger partial charge in [0.25, 0.3) is 0 Å². The summed E-state index contributed by atoms with van der Waals surface area (Å²) in [4.78, 5) is 0. The molecule has 1 unspecified atom stereocenters. The van der Waals surface area contributed by atoms with Gasteiger partial charge in [0.1, 0.15) is 0 Å². The normalized spacial score (nSPS) is 12.4. The molecule has 0 aliphatic carbocycles. The maximum Gasteiger partial charge on any atom is 0.0800 e. The monoisotopic (exact) mass is 143 g/mol. The average molecular weight is 144 g/mol. The van der Waals surface area contributed by atoms with E-state index < -0.39 is 0 Å². The van der Waals surface area contributed by atoms with Crippen LogP contribution in [0, 0.1) is 0 Å². The average Bonchev–Trinajstić information content (AvgIpc) is 1.35. The maximum absolute atomic E-state index is 5.36. The molecule has 0 aliphatic heterocycles. The topological polar surface area (TPSA) is 26.0 Å². The predicted octanol–water partition coefficient (Wildman–Crippen LogP) is 1.73. The molecular formula is C4H11Cl2N. The largest absolute Gasteiger partial charge is 0.315 e. The number of alkyl halides is 1. The van der Waals surface area contributed by atoms with E-state index in [-0.39, 0.29) is 17.9 Å². The van der Waals surface area contributed by atoms with Gasteiger partial charge in [0.2, 0.25) is 0 Å². The summed E-state index contributed by atoms with van der Waals surface area (Å²) in [6.45, 7) is 2.06. The van der Waals surface area contributed by atoms with Crippen LogP contribution in [0.2, 0.25) is 0 Å². The molecule has 0 rings (SSSR count). The fourth-order valence-corrected chi connectivity index (χ4v) is 0.494. The minimum absolute atomic E-state index is 0. The molecule has 1 nitrogen and oxygen atoms in total. The third-order valence-corrected chi connectivity index (χ3v) is 0.783. The van der Waals surface area contributed by atoms with Crippen LogP contribution < -0.4 is 5.73 Å².